The van der Waals surface area contributed by atoms with Gasteiger partial charge in [0, 0.05) is 5.02 Å². The first-order chi connectivity index (χ1) is 12.1. The molecule has 2 rings (SSSR count). The van der Waals surface area contributed by atoms with E-state index in [1.165, 1.54) is 20.3 Å². The van der Waals surface area contributed by atoms with Gasteiger partial charge in [0.2, 0.25) is 0 Å². The minimum absolute atomic E-state index is 0.0978. The molecule has 0 spiro atoms. The molecular formula is C19H16ClNO4. The van der Waals surface area contributed by atoms with Crippen LogP contribution in [0, 0.1) is 11.3 Å². The number of esters is 1. The fourth-order valence-corrected chi connectivity index (χ4v) is 2.17. The maximum Gasteiger partial charge on any atom is 0.348 e. The van der Waals surface area contributed by atoms with Gasteiger partial charge in [0.25, 0.3) is 0 Å². The third kappa shape index (κ3) is 5.00. The lowest BCUT2D eigenvalue weighted by atomic mass is 10.1. The van der Waals surface area contributed by atoms with Crippen LogP contribution in [0.15, 0.2) is 48.0 Å². The first-order valence-electron chi connectivity index (χ1n) is 7.32. The maximum absolute atomic E-state index is 11.5. The van der Waals surface area contributed by atoms with Crippen LogP contribution >= 0.6 is 11.6 Å². The largest absolute Gasteiger partial charge is 0.493 e. The van der Waals surface area contributed by atoms with Gasteiger partial charge in [-0.3, -0.25) is 0 Å². The SMILES string of the molecule is COC(=O)/C(C#N)=C/c1ccc(OCc2ccc(Cl)cc2)c(OC)c1. The Labute approximate surface area is 151 Å². The van der Waals surface area contributed by atoms with Crippen LogP contribution < -0.4 is 9.47 Å². The Kier molecular flexibility index (Phi) is 6.44. The molecule has 0 N–H and O–H groups in total. The van der Waals surface area contributed by atoms with Gasteiger partial charge < -0.3 is 14.2 Å². The van der Waals surface area contributed by atoms with Gasteiger partial charge in [-0.15, -0.1) is 0 Å². The van der Waals surface area contributed by atoms with Crippen molar-refractivity contribution in [3.63, 3.8) is 0 Å². The third-order valence-electron chi connectivity index (χ3n) is 3.33. The molecule has 0 amide bonds. The minimum Gasteiger partial charge on any atom is -0.493 e. The van der Waals surface area contributed by atoms with Crippen LogP contribution in [-0.2, 0) is 16.1 Å². The van der Waals surface area contributed by atoms with Gasteiger partial charge in [-0.1, -0.05) is 29.8 Å². The Morgan fingerprint density at radius 2 is 1.88 bits per heavy atom. The lowest BCUT2D eigenvalue weighted by Crippen LogP contribution is -2.02. The van der Waals surface area contributed by atoms with Gasteiger partial charge in [-0.2, -0.15) is 5.26 Å². The molecule has 5 nitrogen and oxygen atoms in total. The molecule has 2 aromatic carbocycles. The van der Waals surface area contributed by atoms with Crippen molar-refractivity contribution in [3.8, 4) is 17.6 Å². The van der Waals surface area contributed by atoms with Gasteiger partial charge in [-0.05, 0) is 41.5 Å². The number of nitrogens with zero attached hydrogens (tertiary/aromatic N) is 1. The summed E-state index contributed by atoms with van der Waals surface area (Å²) in [6.45, 7) is 0.355. The Balaban J connectivity index is 2.18. The number of halogens is 1. The second-order valence-corrected chi connectivity index (χ2v) is 5.42. The highest BCUT2D eigenvalue weighted by Gasteiger charge is 2.10. The van der Waals surface area contributed by atoms with Crippen LogP contribution in [0.4, 0.5) is 0 Å². The standard InChI is InChI=1S/C19H16ClNO4/c1-23-18-10-14(9-15(11-21)19(22)24-2)5-8-17(18)25-12-13-3-6-16(20)7-4-13/h3-10H,12H2,1-2H3/b15-9+. The van der Waals surface area contributed by atoms with E-state index in [0.29, 0.717) is 28.7 Å². The highest BCUT2D eigenvalue weighted by Crippen LogP contribution is 2.29. The van der Waals surface area contributed by atoms with E-state index in [9.17, 15) is 4.79 Å². The van der Waals surface area contributed by atoms with E-state index in [0.717, 1.165) is 5.56 Å². The van der Waals surface area contributed by atoms with Crippen molar-refractivity contribution in [2.45, 2.75) is 6.61 Å². The number of methoxy groups -OCH3 is 2. The molecule has 0 aliphatic carbocycles. The molecule has 0 radical (unpaired) electrons. The molecule has 0 heterocycles. The molecule has 0 bridgehead atoms. The summed E-state index contributed by atoms with van der Waals surface area (Å²) in [6, 6.07) is 14.3. The molecule has 0 fully saturated rings. The van der Waals surface area contributed by atoms with E-state index in [2.05, 4.69) is 4.74 Å². The number of benzene rings is 2. The molecular weight excluding hydrogens is 342 g/mol. The zero-order valence-corrected chi connectivity index (χ0v) is 14.5. The van der Waals surface area contributed by atoms with Crippen molar-refractivity contribution < 1.29 is 19.0 Å². The Morgan fingerprint density at radius 1 is 1.16 bits per heavy atom. The molecule has 0 saturated heterocycles. The lowest BCUT2D eigenvalue weighted by molar-refractivity contribution is -0.135. The van der Waals surface area contributed by atoms with Gasteiger partial charge in [0.05, 0.1) is 14.2 Å². The molecule has 2 aromatic rings. The Morgan fingerprint density at radius 3 is 2.48 bits per heavy atom. The van der Waals surface area contributed by atoms with E-state index < -0.39 is 5.97 Å². The third-order valence-corrected chi connectivity index (χ3v) is 3.58. The van der Waals surface area contributed by atoms with Gasteiger partial charge >= 0.3 is 5.97 Å². The number of carbonyl (C=O) groups excluding carboxylic acids is 1. The van der Waals surface area contributed by atoms with Crippen molar-refractivity contribution in [1.82, 2.24) is 0 Å². The first kappa shape index (κ1) is 18.4. The zero-order chi connectivity index (χ0) is 18.2. The van der Waals surface area contributed by atoms with Crippen molar-refractivity contribution in [3.05, 3.63) is 64.2 Å². The number of ether oxygens (including phenoxy) is 3. The van der Waals surface area contributed by atoms with Gasteiger partial charge in [0.15, 0.2) is 11.5 Å². The maximum atomic E-state index is 11.5. The number of hydrogen-bond acceptors (Lipinski definition) is 5. The van der Waals surface area contributed by atoms with E-state index in [1.807, 2.05) is 18.2 Å². The Bertz CT molecular complexity index is 822. The number of hydrogen-bond donors (Lipinski definition) is 0. The molecule has 0 saturated carbocycles. The molecule has 0 atom stereocenters. The highest BCUT2D eigenvalue weighted by atomic mass is 35.5. The average molecular weight is 358 g/mol. The number of nitriles is 1. The summed E-state index contributed by atoms with van der Waals surface area (Å²) < 4.78 is 15.6. The van der Waals surface area contributed by atoms with Crippen molar-refractivity contribution in [1.29, 1.82) is 5.26 Å². The summed E-state index contributed by atoms with van der Waals surface area (Å²) in [4.78, 5) is 11.5. The fourth-order valence-electron chi connectivity index (χ4n) is 2.05. The zero-order valence-electron chi connectivity index (χ0n) is 13.8. The van der Waals surface area contributed by atoms with Crippen LogP contribution in [0.1, 0.15) is 11.1 Å². The summed E-state index contributed by atoms with van der Waals surface area (Å²) in [5, 5.41) is 9.68. The predicted molar refractivity (Wildman–Crippen MR) is 94.4 cm³/mol. The van der Waals surface area contributed by atoms with E-state index >= 15 is 0 Å². The van der Waals surface area contributed by atoms with Crippen molar-refractivity contribution in [2.24, 2.45) is 0 Å². The summed E-state index contributed by atoms with van der Waals surface area (Å²) >= 11 is 5.86. The van der Waals surface area contributed by atoms with Crippen LogP contribution in [0.5, 0.6) is 11.5 Å². The number of rotatable bonds is 6. The first-order valence-corrected chi connectivity index (χ1v) is 7.70. The summed E-state index contributed by atoms with van der Waals surface area (Å²) in [5.41, 5.74) is 1.49. The summed E-state index contributed by atoms with van der Waals surface area (Å²) in [5.74, 6) is 0.348. The minimum atomic E-state index is -0.690. The van der Waals surface area contributed by atoms with E-state index in [-0.39, 0.29) is 5.57 Å². The van der Waals surface area contributed by atoms with Crippen LogP contribution in [-0.4, -0.2) is 20.2 Å². The second kappa shape index (κ2) is 8.76. The monoisotopic (exact) mass is 357 g/mol. The quantitative estimate of drug-likeness (QED) is 0.444. The molecule has 0 unspecified atom stereocenters. The molecule has 0 aliphatic rings. The average Bonchev–Trinajstić information content (AvgIpc) is 2.65. The molecule has 25 heavy (non-hydrogen) atoms. The second-order valence-electron chi connectivity index (χ2n) is 4.99. The van der Waals surface area contributed by atoms with Gasteiger partial charge in [0.1, 0.15) is 18.2 Å². The molecule has 128 valence electrons. The van der Waals surface area contributed by atoms with Crippen molar-refractivity contribution >= 4 is 23.6 Å². The summed E-state index contributed by atoms with van der Waals surface area (Å²) in [6.07, 6.45) is 1.43. The smallest absolute Gasteiger partial charge is 0.348 e. The van der Waals surface area contributed by atoms with Crippen LogP contribution in [0.2, 0.25) is 5.02 Å². The van der Waals surface area contributed by atoms with Crippen LogP contribution in [0.25, 0.3) is 6.08 Å². The molecule has 0 aromatic heterocycles. The van der Waals surface area contributed by atoms with Crippen LogP contribution in [0.3, 0.4) is 0 Å². The van der Waals surface area contributed by atoms with E-state index in [1.54, 1.807) is 30.3 Å². The summed E-state index contributed by atoms with van der Waals surface area (Å²) in [7, 11) is 2.74. The predicted octanol–water partition coefficient (Wildman–Crippen LogP) is 4.01. The van der Waals surface area contributed by atoms with E-state index in [4.69, 9.17) is 26.3 Å². The fraction of sp³-hybridized carbons (Fsp3) is 0.158. The molecule has 6 heteroatoms. The van der Waals surface area contributed by atoms with Gasteiger partial charge in [-0.25, -0.2) is 4.79 Å². The van der Waals surface area contributed by atoms with Crippen molar-refractivity contribution in [2.75, 3.05) is 14.2 Å². The molecule has 0 aliphatic heterocycles. The Hall–Kier alpha value is -2.97. The number of carbonyl (C=O) groups is 1. The normalized spacial score (nSPS) is 10.7. The topological polar surface area (TPSA) is 68.6 Å². The highest BCUT2D eigenvalue weighted by molar-refractivity contribution is 6.30. The lowest BCUT2D eigenvalue weighted by Gasteiger charge is -2.11.